The van der Waals surface area contributed by atoms with Gasteiger partial charge in [0.05, 0.1) is 11.5 Å². The highest BCUT2D eigenvalue weighted by Gasteiger charge is 2.14. The lowest BCUT2D eigenvalue weighted by atomic mass is 10.1. The predicted octanol–water partition coefficient (Wildman–Crippen LogP) is 3.96. The number of benzene rings is 1. The van der Waals surface area contributed by atoms with E-state index < -0.39 is 10.9 Å². The summed E-state index contributed by atoms with van der Waals surface area (Å²) in [6, 6.07) is 10.9. The monoisotopic (exact) mass is 340 g/mol. The summed E-state index contributed by atoms with van der Waals surface area (Å²) >= 11 is 0. The van der Waals surface area contributed by atoms with Crippen molar-refractivity contribution >= 4 is 17.7 Å². The highest BCUT2D eigenvalue weighted by Crippen LogP contribution is 2.26. The van der Waals surface area contributed by atoms with Gasteiger partial charge in [0.2, 0.25) is 0 Å². The van der Waals surface area contributed by atoms with E-state index in [-0.39, 0.29) is 29.5 Å². The molecule has 0 aliphatic carbocycles. The van der Waals surface area contributed by atoms with Gasteiger partial charge in [0.1, 0.15) is 23.2 Å². The molecule has 0 saturated carbocycles. The van der Waals surface area contributed by atoms with Crippen LogP contribution in [0.25, 0.3) is 17.4 Å². The van der Waals surface area contributed by atoms with E-state index in [0.29, 0.717) is 11.3 Å². The molecule has 7 heteroatoms. The fourth-order valence-corrected chi connectivity index (χ4v) is 1.96. The van der Waals surface area contributed by atoms with E-state index >= 15 is 0 Å². The zero-order valence-electron chi connectivity index (χ0n) is 13.8. The zero-order chi connectivity index (χ0) is 18.4. The van der Waals surface area contributed by atoms with E-state index in [9.17, 15) is 14.9 Å². The van der Waals surface area contributed by atoms with Gasteiger partial charge in [-0.05, 0) is 18.1 Å². The average molecular weight is 340 g/mol. The van der Waals surface area contributed by atoms with Crippen LogP contribution in [0.15, 0.2) is 46.4 Å². The molecule has 1 aromatic heterocycles. The Labute approximate surface area is 144 Å². The molecule has 0 aliphatic heterocycles. The molecule has 0 unspecified atom stereocenters. The largest absolute Gasteiger partial charge is 0.461 e. The molecule has 0 fully saturated rings. The highest BCUT2D eigenvalue weighted by molar-refractivity contribution is 5.97. The number of nitriles is 1. The summed E-state index contributed by atoms with van der Waals surface area (Å²) in [6.45, 7) is 4.00. The minimum absolute atomic E-state index is 0.0547. The van der Waals surface area contributed by atoms with Gasteiger partial charge in [-0.2, -0.15) is 5.26 Å². The average Bonchev–Trinajstić information content (AvgIpc) is 3.06. The van der Waals surface area contributed by atoms with Crippen LogP contribution in [0.2, 0.25) is 0 Å². The van der Waals surface area contributed by atoms with Crippen LogP contribution in [0.4, 0.5) is 5.69 Å². The van der Waals surface area contributed by atoms with Gasteiger partial charge in [0.15, 0.2) is 0 Å². The number of non-ortho nitro benzene ring substituents is 1. The fourth-order valence-electron chi connectivity index (χ4n) is 1.96. The third-order valence-electron chi connectivity index (χ3n) is 3.14. The molecular formula is C18H16N2O5. The summed E-state index contributed by atoms with van der Waals surface area (Å²) in [7, 11) is 0. The number of esters is 1. The van der Waals surface area contributed by atoms with Crippen molar-refractivity contribution in [2.75, 3.05) is 6.61 Å². The number of carbonyl (C=O) groups is 1. The van der Waals surface area contributed by atoms with E-state index in [2.05, 4.69) is 0 Å². The lowest BCUT2D eigenvalue weighted by Crippen LogP contribution is -2.11. The predicted molar refractivity (Wildman–Crippen MR) is 90.2 cm³/mol. The van der Waals surface area contributed by atoms with Crippen molar-refractivity contribution in [3.05, 3.63) is 57.8 Å². The lowest BCUT2D eigenvalue weighted by Gasteiger charge is -2.05. The Kier molecular flexibility index (Phi) is 5.69. The number of hydrogen-bond donors (Lipinski definition) is 0. The Hall–Kier alpha value is -3.40. The van der Waals surface area contributed by atoms with Gasteiger partial charge in [0.25, 0.3) is 5.69 Å². The molecular weight excluding hydrogens is 324 g/mol. The summed E-state index contributed by atoms with van der Waals surface area (Å²) in [6.07, 6.45) is 1.28. The number of nitro benzene ring substituents is 1. The molecule has 25 heavy (non-hydrogen) atoms. The summed E-state index contributed by atoms with van der Waals surface area (Å²) < 4.78 is 10.6. The van der Waals surface area contributed by atoms with Crippen molar-refractivity contribution in [1.82, 2.24) is 0 Å². The number of carbonyl (C=O) groups excluding carboxylic acids is 1. The Morgan fingerprint density at radius 3 is 2.80 bits per heavy atom. The topological polar surface area (TPSA) is 106 Å². The highest BCUT2D eigenvalue weighted by atomic mass is 16.6. The first-order valence-corrected chi connectivity index (χ1v) is 7.54. The Balaban J connectivity index is 2.22. The molecule has 1 aromatic carbocycles. The molecule has 2 rings (SSSR count). The van der Waals surface area contributed by atoms with Gasteiger partial charge >= 0.3 is 5.97 Å². The molecule has 1 heterocycles. The molecule has 0 radical (unpaired) electrons. The molecule has 7 nitrogen and oxygen atoms in total. The van der Waals surface area contributed by atoms with Crippen LogP contribution in [0.1, 0.15) is 19.6 Å². The Bertz CT molecular complexity index is 858. The molecule has 0 spiro atoms. The van der Waals surface area contributed by atoms with Crippen LogP contribution >= 0.6 is 0 Å². The summed E-state index contributed by atoms with van der Waals surface area (Å²) in [4.78, 5) is 22.2. The van der Waals surface area contributed by atoms with Crippen LogP contribution in [0.3, 0.4) is 0 Å². The van der Waals surface area contributed by atoms with Gasteiger partial charge in [-0.25, -0.2) is 4.79 Å². The third kappa shape index (κ3) is 4.78. The van der Waals surface area contributed by atoms with E-state index in [0.717, 1.165) is 0 Å². The molecule has 0 amide bonds. The number of hydrogen-bond acceptors (Lipinski definition) is 6. The van der Waals surface area contributed by atoms with E-state index in [1.807, 2.05) is 13.8 Å². The second-order valence-electron chi connectivity index (χ2n) is 5.67. The van der Waals surface area contributed by atoms with Crippen molar-refractivity contribution in [2.24, 2.45) is 5.92 Å². The van der Waals surface area contributed by atoms with Crippen LogP contribution in [-0.4, -0.2) is 17.5 Å². The quantitative estimate of drug-likeness (QED) is 0.259. The molecule has 2 aromatic rings. The molecule has 0 atom stereocenters. The second-order valence-corrected chi connectivity index (χ2v) is 5.67. The van der Waals surface area contributed by atoms with Crippen molar-refractivity contribution in [3.63, 3.8) is 0 Å². The van der Waals surface area contributed by atoms with Crippen LogP contribution in [0.5, 0.6) is 0 Å². The molecule has 128 valence electrons. The van der Waals surface area contributed by atoms with Crippen molar-refractivity contribution in [1.29, 1.82) is 5.26 Å². The minimum Gasteiger partial charge on any atom is -0.461 e. The first kappa shape index (κ1) is 17.9. The van der Waals surface area contributed by atoms with E-state index in [4.69, 9.17) is 14.4 Å². The maximum Gasteiger partial charge on any atom is 0.349 e. The Morgan fingerprint density at radius 2 is 2.16 bits per heavy atom. The lowest BCUT2D eigenvalue weighted by molar-refractivity contribution is -0.384. The standard InChI is InChI=1S/C18H16N2O5/c1-12(2)11-24-18(21)14(10-19)9-16-6-7-17(25-16)13-4-3-5-15(8-13)20(22)23/h3-9,12H,11H2,1-2H3/b14-9+. The maximum atomic E-state index is 11.8. The second kappa shape index (κ2) is 7.93. The number of rotatable bonds is 6. The molecule has 0 saturated heterocycles. The number of ether oxygens (including phenoxy) is 1. The first-order valence-electron chi connectivity index (χ1n) is 7.54. The van der Waals surface area contributed by atoms with E-state index in [1.54, 1.807) is 30.3 Å². The first-order chi connectivity index (χ1) is 11.9. The minimum atomic E-state index is -0.718. The molecule has 0 aliphatic rings. The van der Waals surface area contributed by atoms with Crippen LogP contribution < -0.4 is 0 Å². The molecule has 0 N–H and O–H groups in total. The number of furan rings is 1. The van der Waals surface area contributed by atoms with Crippen LogP contribution in [-0.2, 0) is 9.53 Å². The summed E-state index contributed by atoms with van der Waals surface area (Å²) in [5, 5.41) is 19.9. The SMILES string of the molecule is CC(C)COC(=O)/C(C#N)=C/c1ccc(-c2cccc([N+](=O)[O-])c2)o1. The summed E-state index contributed by atoms with van der Waals surface area (Å²) in [5.41, 5.74) is 0.288. The van der Waals surface area contributed by atoms with Gasteiger partial charge in [0, 0.05) is 23.8 Å². The van der Waals surface area contributed by atoms with Crippen molar-refractivity contribution < 1.29 is 18.9 Å². The zero-order valence-corrected chi connectivity index (χ0v) is 13.8. The van der Waals surface area contributed by atoms with E-state index in [1.165, 1.54) is 18.2 Å². The third-order valence-corrected chi connectivity index (χ3v) is 3.14. The van der Waals surface area contributed by atoms with Crippen molar-refractivity contribution in [2.45, 2.75) is 13.8 Å². The van der Waals surface area contributed by atoms with Gasteiger partial charge < -0.3 is 9.15 Å². The Morgan fingerprint density at radius 1 is 1.40 bits per heavy atom. The molecule has 0 bridgehead atoms. The van der Waals surface area contributed by atoms with Crippen molar-refractivity contribution in [3.8, 4) is 17.4 Å². The summed E-state index contributed by atoms with van der Waals surface area (Å²) in [5.74, 6) is 0.111. The van der Waals surface area contributed by atoms with Gasteiger partial charge in [-0.1, -0.05) is 26.0 Å². The van der Waals surface area contributed by atoms with Gasteiger partial charge in [-0.15, -0.1) is 0 Å². The number of nitrogens with zero attached hydrogens (tertiary/aromatic N) is 2. The van der Waals surface area contributed by atoms with Crippen LogP contribution in [0, 0.1) is 27.4 Å². The normalized spacial score (nSPS) is 11.2. The smallest absolute Gasteiger partial charge is 0.349 e. The fraction of sp³-hybridized carbons (Fsp3) is 0.222. The maximum absolute atomic E-state index is 11.8. The van der Waals surface area contributed by atoms with Gasteiger partial charge in [-0.3, -0.25) is 10.1 Å². The number of nitro groups is 1.